The van der Waals surface area contributed by atoms with Gasteiger partial charge in [-0.3, -0.25) is 4.79 Å². The van der Waals surface area contributed by atoms with Crippen LogP contribution in [0.2, 0.25) is 0 Å². The summed E-state index contributed by atoms with van der Waals surface area (Å²) < 4.78 is 16.9. The Morgan fingerprint density at radius 3 is 2.61 bits per heavy atom. The highest BCUT2D eigenvalue weighted by Crippen LogP contribution is 2.48. The Bertz CT molecular complexity index is 1260. The molecular weight excluding hydrogens is 474 g/mol. The Morgan fingerprint density at radius 2 is 1.89 bits per heavy atom. The number of aryl methyl sites for hydroxylation is 1. The smallest absolute Gasteiger partial charge is 0.309 e. The number of hydrogen-bond donors (Lipinski definition) is 0. The van der Waals surface area contributed by atoms with Gasteiger partial charge in [-0.1, -0.05) is 31.2 Å². The lowest BCUT2D eigenvalue weighted by Gasteiger charge is -2.30. The molecule has 5 rings (SSSR count). The maximum Gasteiger partial charge on any atom is 0.309 e. The second-order valence-corrected chi connectivity index (χ2v) is 10.1. The number of rotatable bonds is 8. The molecule has 5 nitrogen and oxygen atoms in total. The highest BCUT2D eigenvalue weighted by atomic mass is 35.5. The molecular formula is C30H32ClNO4. The molecule has 0 spiro atoms. The number of alkyl halides is 1. The lowest BCUT2D eigenvalue weighted by Crippen LogP contribution is -2.23. The number of nitrogens with zero attached hydrogens (tertiary/aromatic N) is 1. The third-order valence-corrected chi connectivity index (χ3v) is 7.86. The number of methoxy groups -OCH3 is 2. The van der Waals surface area contributed by atoms with E-state index in [0.29, 0.717) is 17.7 Å². The molecule has 6 heteroatoms. The summed E-state index contributed by atoms with van der Waals surface area (Å²) >= 11 is 6.42. The quantitative estimate of drug-likeness (QED) is 0.247. The van der Waals surface area contributed by atoms with Crippen LogP contribution >= 0.6 is 11.6 Å². The average Bonchev–Trinajstić information content (AvgIpc) is 3.77. The Morgan fingerprint density at radius 1 is 1.08 bits per heavy atom. The molecule has 188 valence electrons. The van der Waals surface area contributed by atoms with E-state index in [-0.39, 0.29) is 23.9 Å². The maximum atomic E-state index is 12.3. The van der Waals surface area contributed by atoms with Crippen LogP contribution in [0.15, 0.2) is 54.7 Å². The summed E-state index contributed by atoms with van der Waals surface area (Å²) in [6, 6.07) is 16.8. The normalized spacial score (nSPS) is 18.5. The summed E-state index contributed by atoms with van der Waals surface area (Å²) in [6.45, 7) is 1.98. The summed E-state index contributed by atoms with van der Waals surface area (Å²) in [5.74, 6) is 2.25. The molecule has 1 aromatic heterocycles. The molecule has 2 aromatic carbocycles. The minimum absolute atomic E-state index is 0.0695. The van der Waals surface area contributed by atoms with Gasteiger partial charge in [-0.05, 0) is 89.1 Å². The van der Waals surface area contributed by atoms with Crippen LogP contribution in [0, 0.1) is 11.8 Å². The highest BCUT2D eigenvalue weighted by molar-refractivity contribution is 6.17. The van der Waals surface area contributed by atoms with E-state index in [0.717, 1.165) is 59.3 Å². The summed E-state index contributed by atoms with van der Waals surface area (Å²) in [6.07, 6.45) is 5.81. The lowest BCUT2D eigenvalue weighted by molar-refractivity contribution is -0.145. The molecule has 0 radical (unpaired) electrons. The van der Waals surface area contributed by atoms with Crippen LogP contribution < -0.4 is 9.47 Å². The zero-order chi connectivity index (χ0) is 25.2. The van der Waals surface area contributed by atoms with E-state index >= 15 is 0 Å². The fourth-order valence-electron chi connectivity index (χ4n) is 5.49. The minimum atomic E-state index is -0.179. The maximum absolute atomic E-state index is 12.3. The van der Waals surface area contributed by atoms with Crippen molar-refractivity contribution in [2.45, 2.75) is 50.5 Å². The third-order valence-electron chi connectivity index (χ3n) is 7.57. The van der Waals surface area contributed by atoms with Crippen LogP contribution in [0.1, 0.15) is 60.5 Å². The van der Waals surface area contributed by atoms with Gasteiger partial charge in [0.25, 0.3) is 0 Å². The fourth-order valence-corrected chi connectivity index (χ4v) is 5.72. The lowest BCUT2D eigenvalue weighted by atomic mass is 9.82. The highest BCUT2D eigenvalue weighted by Gasteiger charge is 2.39. The van der Waals surface area contributed by atoms with Gasteiger partial charge in [0.15, 0.2) is 0 Å². The molecule has 0 bridgehead atoms. The summed E-state index contributed by atoms with van der Waals surface area (Å²) in [7, 11) is 3.08. The van der Waals surface area contributed by atoms with Crippen LogP contribution in [0.3, 0.4) is 0 Å². The van der Waals surface area contributed by atoms with Gasteiger partial charge in [-0.15, -0.1) is 11.6 Å². The largest absolute Gasteiger partial charge is 0.485 e. The Labute approximate surface area is 217 Å². The predicted octanol–water partition coefficient (Wildman–Crippen LogP) is 6.87. The first-order chi connectivity index (χ1) is 17.5. The zero-order valence-electron chi connectivity index (χ0n) is 21.0. The number of aromatic nitrogens is 1. The molecule has 1 aliphatic heterocycles. The first-order valence-electron chi connectivity index (χ1n) is 12.6. The molecule has 1 fully saturated rings. The van der Waals surface area contributed by atoms with E-state index < -0.39 is 0 Å². The van der Waals surface area contributed by atoms with Gasteiger partial charge in [-0.2, -0.15) is 0 Å². The predicted molar refractivity (Wildman–Crippen MR) is 141 cm³/mol. The average molecular weight is 506 g/mol. The number of hydrogen-bond acceptors (Lipinski definition) is 5. The molecule has 3 atom stereocenters. The Balaban J connectivity index is 1.42. The molecule has 0 amide bonds. The SMILES string of the molecule is COC(=O)[C@@H](C)[C@H](c1ccc2c(c1)OC(c1ccc(-c3ccnc(OC)c3)cc1CCl)CC2)C1CC1. The van der Waals surface area contributed by atoms with Crippen molar-refractivity contribution in [2.24, 2.45) is 11.8 Å². The number of carbonyl (C=O) groups is 1. The second kappa shape index (κ2) is 10.5. The van der Waals surface area contributed by atoms with Gasteiger partial charge in [0.2, 0.25) is 5.88 Å². The van der Waals surface area contributed by atoms with Crippen molar-refractivity contribution in [1.29, 1.82) is 0 Å². The van der Waals surface area contributed by atoms with E-state index in [1.807, 2.05) is 19.1 Å². The molecule has 1 unspecified atom stereocenters. The van der Waals surface area contributed by atoms with Crippen LogP contribution in [-0.4, -0.2) is 25.2 Å². The molecule has 3 aromatic rings. The van der Waals surface area contributed by atoms with Gasteiger partial charge in [0, 0.05) is 18.1 Å². The van der Waals surface area contributed by atoms with Crippen molar-refractivity contribution in [3.05, 3.63) is 77.0 Å². The van der Waals surface area contributed by atoms with Crippen LogP contribution in [0.5, 0.6) is 11.6 Å². The summed E-state index contributed by atoms with van der Waals surface area (Å²) in [5.41, 5.74) is 6.65. The van der Waals surface area contributed by atoms with Crippen molar-refractivity contribution in [3.63, 3.8) is 0 Å². The first-order valence-corrected chi connectivity index (χ1v) is 13.1. The number of halogens is 1. The third kappa shape index (κ3) is 4.94. The van der Waals surface area contributed by atoms with Gasteiger partial charge in [0.05, 0.1) is 20.1 Å². The Kier molecular flexibility index (Phi) is 7.20. The van der Waals surface area contributed by atoms with Crippen molar-refractivity contribution < 1.29 is 19.0 Å². The molecule has 2 heterocycles. The number of ether oxygens (including phenoxy) is 3. The van der Waals surface area contributed by atoms with Gasteiger partial charge >= 0.3 is 5.97 Å². The molecule has 0 saturated heterocycles. The minimum Gasteiger partial charge on any atom is -0.485 e. The van der Waals surface area contributed by atoms with Gasteiger partial charge in [0.1, 0.15) is 11.9 Å². The first kappa shape index (κ1) is 24.6. The van der Waals surface area contributed by atoms with Gasteiger partial charge in [-0.25, -0.2) is 4.98 Å². The Hall–Kier alpha value is -3.05. The van der Waals surface area contributed by atoms with Crippen LogP contribution in [0.4, 0.5) is 0 Å². The summed E-state index contributed by atoms with van der Waals surface area (Å²) in [5, 5.41) is 0. The van der Waals surface area contributed by atoms with E-state index in [1.165, 1.54) is 12.7 Å². The van der Waals surface area contributed by atoms with Crippen LogP contribution in [0.25, 0.3) is 11.1 Å². The molecule has 1 aliphatic carbocycles. The molecule has 0 N–H and O–H groups in total. The fraction of sp³-hybridized carbons (Fsp3) is 0.400. The zero-order valence-corrected chi connectivity index (χ0v) is 21.8. The number of pyridine rings is 1. The number of esters is 1. The topological polar surface area (TPSA) is 57.7 Å². The number of carbonyl (C=O) groups excluding carboxylic acids is 1. The number of benzene rings is 2. The van der Waals surface area contributed by atoms with E-state index in [4.69, 9.17) is 25.8 Å². The molecule has 1 saturated carbocycles. The van der Waals surface area contributed by atoms with Crippen molar-refractivity contribution in [1.82, 2.24) is 4.98 Å². The standard InChI is InChI=1S/C30H32ClNO4/c1-18(30(33)35-3)29(20-5-6-20)23-7-4-19-9-11-26(36-27(19)15-23)25-10-8-21(14-24(25)17-31)22-12-13-32-28(16-22)34-2/h4,7-8,10,12-16,18,20,26,29H,5-6,9,11,17H2,1-3H3/t18-,26?,29-/m0/s1. The van der Waals surface area contributed by atoms with E-state index in [2.05, 4.69) is 41.4 Å². The van der Waals surface area contributed by atoms with E-state index in [9.17, 15) is 4.79 Å². The van der Waals surface area contributed by atoms with E-state index in [1.54, 1.807) is 13.3 Å². The van der Waals surface area contributed by atoms with Crippen molar-refractivity contribution >= 4 is 17.6 Å². The second-order valence-electron chi connectivity index (χ2n) is 9.82. The van der Waals surface area contributed by atoms with Crippen molar-refractivity contribution in [2.75, 3.05) is 14.2 Å². The van der Waals surface area contributed by atoms with Crippen molar-refractivity contribution in [3.8, 4) is 22.8 Å². The van der Waals surface area contributed by atoms with Gasteiger partial charge < -0.3 is 14.2 Å². The number of fused-ring (bicyclic) bond motifs is 1. The molecule has 2 aliphatic rings. The molecule has 36 heavy (non-hydrogen) atoms. The summed E-state index contributed by atoms with van der Waals surface area (Å²) in [4.78, 5) is 16.5. The monoisotopic (exact) mass is 505 g/mol. The van der Waals surface area contributed by atoms with Crippen LogP contribution in [-0.2, 0) is 21.8 Å².